The van der Waals surface area contributed by atoms with Gasteiger partial charge in [0.2, 0.25) is 0 Å². The monoisotopic (exact) mass is 613 g/mol. The lowest BCUT2D eigenvalue weighted by Crippen LogP contribution is -2.11. The van der Waals surface area contributed by atoms with Crippen LogP contribution >= 0.6 is 0 Å². The van der Waals surface area contributed by atoms with Gasteiger partial charge in [-0.15, -0.1) is 0 Å². The second-order valence-corrected chi connectivity index (χ2v) is 12.2. The summed E-state index contributed by atoms with van der Waals surface area (Å²) in [6, 6.07) is 66.9. The molecule has 0 unspecified atom stereocenters. The van der Waals surface area contributed by atoms with Crippen LogP contribution in [0.1, 0.15) is 0 Å². The molecule has 0 aliphatic carbocycles. The van der Waals surface area contributed by atoms with E-state index in [-0.39, 0.29) is 0 Å². The summed E-state index contributed by atoms with van der Waals surface area (Å²) in [5.41, 5.74) is 12.3. The lowest BCUT2D eigenvalue weighted by Gasteiger charge is -2.28. The molecular formula is C46H31NO. The van der Waals surface area contributed by atoms with Gasteiger partial charge < -0.3 is 9.32 Å². The lowest BCUT2D eigenvalue weighted by atomic mass is 9.97. The Balaban J connectivity index is 1.18. The summed E-state index contributed by atoms with van der Waals surface area (Å²) in [4.78, 5) is 2.37. The molecule has 1 aromatic heterocycles. The average Bonchev–Trinajstić information content (AvgIpc) is 3.56. The van der Waals surface area contributed by atoms with Gasteiger partial charge in [-0.2, -0.15) is 0 Å². The Morgan fingerprint density at radius 2 is 0.875 bits per heavy atom. The second kappa shape index (κ2) is 11.8. The number of fused-ring (bicyclic) bond motifs is 5. The first-order valence-electron chi connectivity index (χ1n) is 16.3. The lowest BCUT2D eigenvalue weighted by molar-refractivity contribution is 0.672. The molecule has 9 rings (SSSR count). The molecule has 2 nitrogen and oxygen atoms in total. The van der Waals surface area contributed by atoms with Crippen LogP contribution in [0.25, 0.3) is 66.1 Å². The highest BCUT2D eigenvalue weighted by molar-refractivity contribution is 6.15. The Hall–Kier alpha value is -6.38. The number of furan rings is 1. The molecule has 0 amide bonds. The zero-order valence-electron chi connectivity index (χ0n) is 26.3. The van der Waals surface area contributed by atoms with E-state index in [9.17, 15) is 0 Å². The van der Waals surface area contributed by atoms with Gasteiger partial charge in [0.25, 0.3) is 0 Å². The molecule has 2 heteroatoms. The molecule has 0 saturated carbocycles. The maximum Gasteiger partial charge on any atom is 0.143 e. The van der Waals surface area contributed by atoms with Crippen molar-refractivity contribution in [1.82, 2.24) is 0 Å². The zero-order chi connectivity index (χ0) is 31.9. The number of hydrogen-bond donors (Lipinski definition) is 0. The maximum absolute atomic E-state index is 6.36. The predicted molar refractivity (Wildman–Crippen MR) is 202 cm³/mol. The van der Waals surface area contributed by atoms with Crippen LogP contribution in [-0.2, 0) is 0 Å². The van der Waals surface area contributed by atoms with Gasteiger partial charge in [-0.25, -0.2) is 0 Å². The molecule has 0 aliphatic heterocycles. The summed E-state index contributed by atoms with van der Waals surface area (Å²) < 4.78 is 6.36. The van der Waals surface area contributed by atoms with Gasteiger partial charge in [-0.05, 0) is 87.8 Å². The minimum Gasteiger partial charge on any atom is -0.455 e. The van der Waals surface area contributed by atoms with Crippen molar-refractivity contribution in [2.75, 3.05) is 4.90 Å². The van der Waals surface area contributed by atoms with Crippen molar-refractivity contribution in [2.24, 2.45) is 0 Å². The third-order valence-corrected chi connectivity index (χ3v) is 9.28. The van der Waals surface area contributed by atoms with E-state index >= 15 is 0 Å². The molecule has 0 spiro atoms. The smallest absolute Gasteiger partial charge is 0.143 e. The Bertz CT molecular complexity index is 2450. The number of hydrogen-bond acceptors (Lipinski definition) is 2. The molecule has 226 valence electrons. The largest absolute Gasteiger partial charge is 0.455 e. The van der Waals surface area contributed by atoms with E-state index in [1.807, 2.05) is 12.1 Å². The molecule has 0 radical (unpaired) electrons. The molecule has 0 aliphatic rings. The van der Waals surface area contributed by atoms with E-state index in [2.05, 4.69) is 181 Å². The van der Waals surface area contributed by atoms with Crippen LogP contribution in [0.5, 0.6) is 0 Å². The van der Waals surface area contributed by atoms with Gasteiger partial charge in [0, 0.05) is 33.1 Å². The van der Waals surface area contributed by atoms with Crippen molar-refractivity contribution in [3.05, 3.63) is 188 Å². The number of rotatable bonds is 6. The summed E-state index contributed by atoms with van der Waals surface area (Å²) in [6.07, 6.45) is 0. The van der Waals surface area contributed by atoms with Gasteiger partial charge in [-0.3, -0.25) is 0 Å². The summed E-state index contributed by atoms with van der Waals surface area (Å²) in [7, 11) is 0. The number of benzene rings is 8. The van der Waals surface area contributed by atoms with E-state index < -0.39 is 0 Å². The van der Waals surface area contributed by atoms with Crippen molar-refractivity contribution in [2.45, 2.75) is 0 Å². The van der Waals surface area contributed by atoms with Gasteiger partial charge >= 0.3 is 0 Å². The molecular weight excluding hydrogens is 583 g/mol. The van der Waals surface area contributed by atoms with Crippen molar-refractivity contribution < 1.29 is 4.42 Å². The Morgan fingerprint density at radius 3 is 1.54 bits per heavy atom. The summed E-state index contributed by atoms with van der Waals surface area (Å²) in [5.74, 6) is 0. The highest BCUT2D eigenvalue weighted by Crippen LogP contribution is 2.43. The Morgan fingerprint density at radius 1 is 0.354 bits per heavy atom. The second-order valence-electron chi connectivity index (χ2n) is 12.2. The molecule has 0 saturated heterocycles. The number of para-hydroxylation sites is 2. The highest BCUT2D eigenvalue weighted by Gasteiger charge is 2.18. The normalized spacial score (nSPS) is 11.3. The fraction of sp³-hybridized carbons (Fsp3) is 0. The average molecular weight is 614 g/mol. The molecule has 8 aromatic carbocycles. The summed E-state index contributed by atoms with van der Waals surface area (Å²) >= 11 is 0. The van der Waals surface area contributed by atoms with E-state index in [0.29, 0.717) is 0 Å². The summed E-state index contributed by atoms with van der Waals surface area (Å²) in [6.45, 7) is 0. The fourth-order valence-corrected chi connectivity index (χ4v) is 6.89. The Labute approximate surface area is 279 Å². The van der Waals surface area contributed by atoms with Gasteiger partial charge in [0.05, 0.1) is 5.69 Å². The third kappa shape index (κ3) is 4.92. The van der Waals surface area contributed by atoms with Gasteiger partial charge in [-0.1, -0.05) is 133 Å². The van der Waals surface area contributed by atoms with E-state index in [1.54, 1.807) is 0 Å². The Kier molecular flexibility index (Phi) is 6.84. The van der Waals surface area contributed by atoms with Crippen LogP contribution < -0.4 is 4.90 Å². The maximum atomic E-state index is 6.36. The topological polar surface area (TPSA) is 16.4 Å². The predicted octanol–water partition coefficient (Wildman–Crippen LogP) is 13.2. The highest BCUT2D eigenvalue weighted by atomic mass is 16.3. The van der Waals surface area contributed by atoms with Crippen LogP contribution in [0.3, 0.4) is 0 Å². The van der Waals surface area contributed by atoms with Gasteiger partial charge in [0.15, 0.2) is 0 Å². The molecule has 0 bridgehead atoms. The quantitative estimate of drug-likeness (QED) is 0.185. The van der Waals surface area contributed by atoms with E-state index in [0.717, 1.165) is 60.9 Å². The first-order chi connectivity index (χ1) is 23.8. The first kappa shape index (κ1) is 27.9. The van der Waals surface area contributed by atoms with Crippen molar-refractivity contribution >= 4 is 49.8 Å². The molecule has 9 aromatic rings. The molecule has 0 N–H and O–H groups in total. The van der Waals surface area contributed by atoms with Crippen molar-refractivity contribution in [3.8, 4) is 33.4 Å². The van der Waals surface area contributed by atoms with Crippen LogP contribution in [0, 0.1) is 0 Å². The van der Waals surface area contributed by atoms with Gasteiger partial charge in [0.1, 0.15) is 11.2 Å². The number of nitrogens with zero attached hydrogens (tertiary/aromatic N) is 1. The van der Waals surface area contributed by atoms with Crippen LogP contribution in [0.15, 0.2) is 192 Å². The minimum absolute atomic E-state index is 0.918. The van der Waals surface area contributed by atoms with Crippen LogP contribution in [0.4, 0.5) is 17.1 Å². The molecule has 1 heterocycles. The standard InChI is InChI=1S/C46H31NO/c1-3-11-32(12-4-1)34-19-25-38(26-20-34)47(39-27-21-35(22-28-39)33-13-5-2-6-14-33)44-17-9-7-15-40(44)36-23-29-41-37(31-36)24-30-43-42-16-8-10-18-45(42)48-46(41)43/h1-31H. The van der Waals surface area contributed by atoms with E-state index in [1.165, 1.54) is 22.3 Å². The molecule has 0 atom stereocenters. The molecule has 0 fully saturated rings. The summed E-state index contributed by atoms with van der Waals surface area (Å²) in [5, 5.41) is 4.57. The fourth-order valence-electron chi connectivity index (χ4n) is 6.89. The zero-order valence-corrected chi connectivity index (χ0v) is 26.3. The minimum atomic E-state index is 0.918. The van der Waals surface area contributed by atoms with Crippen molar-refractivity contribution in [3.63, 3.8) is 0 Å². The third-order valence-electron chi connectivity index (χ3n) is 9.28. The van der Waals surface area contributed by atoms with E-state index in [4.69, 9.17) is 4.42 Å². The number of anilines is 3. The SMILES string of the molecule is c1ccc(-c2ccc(N(c3ccc(-c4ccccc4)cc3)c3ccccc3-c3ccc4c(ccc5c6ccccc6oc45)c3)cc2)cc1. The first-order valence-corrected chi connectivity index (χ1v) is 16.3. The van der Waals surface area contributed by atoms with Crippen molar-refractivity contribution in [1.29, 1.82) is 0 Å². The van der Waals surface area contributed by atoms with Crippen LogP contribution in [0.2, 0.25) is 0 Å². The molecule has 48 heavy (non-hydrogen) atoms. The van der Waals surface area contributed by atoms with Crippen LogP contribution in [-0.4, -0.2) is 0 Å².